The van der Waals surface area contributed by atoms with Crippen LogP contribution in [-0.4, -0.2) is 16.8 Å². The van der Waals surface area contributed by atoms with Gasteiger partial charge in [0.15, 0.2) is 0 Å². The van der Waals surface area contributed by atoms with Gasteiger partial charge in [0.25, 0.3) is 0 Å². The zero-order valence-corrected chi connectivity index (χ0v) is 8.41. The first-order chi connectivity index (χ1) is 5.44. The number of hydrogen-bond acceptors (Lipinski definition) is 2. The minimum absolute atomic E-state index is 0.273. The van der Waals surface area contributed by atoms with Crippen LogP contribution in [0.2, 0.25) is 0 Å². The second-order valence-corrected chi connectivity index (χ2v) is 4.74. The van der Waals surface area contributed by atoms with Gasteiger partial charge in [0.2, 0.25) is 0 Å². The van der Waals surface area contributed by atoms with E-state index in [1.807, 2.05) is 6.92 Å². The molecule has 12 heavy (non-hydrogen) atoms. The van der Waals surface area contributed by atoms with E-state index in [9.17, 15) is 9.46 Å². The predicted octanol–water partition coefficient (Wildman–Crippen LogP) is 2.25. The Morgan fingerprint density at radius 1 is 1.67 bits per heavy atom. The fraction of sp³-hybridized carbons (Fsp3) is 0.857. The van der Waals surface area contributed by atoms with E-state index in [2.05, 4.69) is 4.85 Å². The van der Waals surface area contributed by atoms with Gasteiger partial charge in [-0.25, -0.2) is 6.57 Å². The highest BCUT2D eigenvalue weighted by molar-refractivity contribution is 7.53. The third-order valence-corrected chi connectivity index (χ3v) is 3.29. The summed E-state index contributed by atoms with van der Waals surface area (Å²) < 4.78 is 16.1. The van der Waals surface area contributed by atoms with E-state index in [-0.39, 0.29) is 6.10 Å². The lowest BCUT2D eigenvalue weighted by Crippen LogP contribution is -2.09. The first-order valence-electron chi connectivity index (χ1n) is 3.81. The monoisotopic (exact) mass is 191 g/mol. The highest BCUT2D eigenvalue weighted by Gasteiger charge is 2.35. The van der Waals surface area contributed by atoms with Crippen molar-refractivity contribution >= 4 is 7.60 Å². The van der Waals surface area contributed by atoms with Crippen molar-refractivity contribution in [3.8, 4) is 0 Å². The summed E-state index contributed by atoms with van der Waals surface area (Å²) >= 11 is 0. The Balaban J connectivity index is 4.25. The summed E-state index contributed by atoms with van der Waals surface area (Å²) in [5.41, 5.74) is 0. The molecule has 0 aliphatic rings. The summed E-state index contributed by atoms with van der Waals surface area (Å²) in [4.78, 5) is 12.2. The van der Waals surface area contributed by atoms with Crippen LogP contribution in [0.5, 0.6) is 0 Å². The summed E-state index contributed by atoms with van der Waals surface area (Å²) in [7, 11) is -3.71. The Hall–Kier alpha value is -0.360. The molecule has 0 aliphatic heterocycles. The zero-order chi connectivity index (χ0) is 9.78. The van der Waals surface area contributed by atoms with Gasteiger partial charge in [0.1, 0.15) is 0 Å². The lowest BCUT2D eigenvalue weighted by molar-refractivity contribution is 0.183. The highest BCUT2D eigenvalue weighted by Crippen LogP contribution is 2.49. The number of hydrogen-bond donors (Lipinski definition) is 1. The van der Waals surface area contributed by atoms with Gasteiger partial charge in [0.05, 0.1) is 6.10 Å². The molecule has 0 aromatic carbocycles. The van der Waals surface area contributed by atoms with Gasteiger partial charge >= 0.3 is 13.4 Å². The molecule has 0 heterocycles. The maximum absolute atomic E-state index is 11.2. The second kappa shape index (κ2) is 4.61. The van der Waals surface area contributed by atoms with E-state index in [1.54, 1.807) is 6.92 Å². The molecule has 5 heteroatoms. The average molecular weight is 191 g/mol. The lowest BCUT2D eigenvalue weighted by Gasteiger charge is -2.15. The smallest absolute Gasteiger partial charge is 0.319 e. The lowest BCUT2D eigenvalue weighted by atomic mass is 10.3. The van der Waals surface area contributed by atoms with Crippen molar-refractivity contribution in [1.82, 2.24) is 0 Å². The average Bonchev–Trinajstić information content (AvgIpc) is 2.02. The summed E-state index contributed by atoms with van der Waals surface area (Å²) in [6, 6.07) is 0. The van der Waals surface area contributed by atoms with Crippen molar-refractivity contribution in [2.75, 3.05) is 0 Å². The van der Waals surface area contributed by atoms with Crippen LogP contribution < -0.4 is 0 Å². The minimum atomic E-state index is -3.71. The third kappa shape index (κ3) is 3.36. The fourth-order valence-electron chi connectivity index (χ4n) is 0.493. The summed E-state index contributed by atoms with van der Waals surface area (Å²) in [6.07, 6.45) is 0.389. The third-order valence-electron chi connectivity index (χ3n) is 1.56. The van der Waals surface area contributed by atoms with Crippen molar-refractivity contribution in [2.45, 2.75) is 39.1 Å². The molecule has 0 saturated heterocycles. The molecule has 0 saturated carbocycles. The number of nitrogens with zero attached hydrogens (tertiary/aromatic N) is 1. The van der Waals surface area contributed by atoms with Crippen LogP contribution in [-0.2, 0) is 9.09 Å². The van der Waals surface area contributed by atoms with E-state index >= 15 is 0 Å². The van der Waals surface area contributed by atoms with Crippen LogP contribution >= 0.6 is 7.60 Å². The maximum Gasteiger partial charge on any atom is 0.409 e. The van der Waals surface area contributed by atoms with Crippen LogP contribution in [0.25, 0.3) is 4.85 Å². The summed E-state index contributed by atoms with van der Waals surface area (Å²) in [6.45, 7) is 11.5. The molecule has 0 rings (SSSR count). The number of rotatable bonds is 4. The molecule has 3 atom stereocenters. The van der Waals surface area contributed by atoms with Crippen LogP contribution in [0.1, 0.15) is 27.2 Å². The fourth-order valence-corrected chi connectivity index (χ4v) is 1.48. The molecule has 0 fully saturated rings. The van der Waals surface area contributed by atoms with Crippen LogP contribution in [0, 0.1) is 6.57 Å². The highest BCUT2D eigenvalue weighted by atomic mass is 31.2. The molecule has 4 nitrogen and oxygen atoms in total. The molecule has 0 radical (unpaired) electrons. The minimum Gasteiger partial charge on any atom is -0.319 e. The normalized spacial score (nSPS) is 20.6. The standard InChI is InChI=1S/C7H14NO3P/c1-5-6(2)11-12(9,10)7(3)8-4/h6-7H,5H2,1-3H3,(H,9,10). The molecule has 70 valence electrons. The van der Waals surface area contributed by atoms with E-state index in [1.165, 1.54) is 6.92 Å². The predicted molar refractivity (Wildman–Crippen MR) is 46.7 cm³/mol. The van der Waals surface area contributed by atoms with Crippen molar-refractivity contribution in [1.29, 1.82) is 0 Å². The molecule has 3 unspecified atom stereocenters. The van der Waals surface area contributed by atoms with Gasteiger partial charge in [-0.15, -0.1) is 0 Å². The quantitative estimate of drug-likeness (QED) is 0.547. The summed E-state index contributed by atoms with van der Waals surface area (Å²) in [5, 5.41) is 0. The first kappa shape index (κ1) is 11.6. The van der Waals surface area contributed by atoms with Crippen molar-refractivity contribution in [3.05, 3.63) is 11.4 Å². The zero-order valence-electron chi connectivity index (χ0n) is 7.52. The van der Waals surface area contributed by atoms with E-state index in [0.29, 0.717) is 6.42 Å². The molecule has 0 aliphatic carbocycles. The van der Waals surface area contributed by atoms with E-state index in [0.717, 1.165) is 0 Å². The van der Waals surface area contributed by atoms with Crippen molar-refractivity contribution < 1.29 is 14.0 Å². The van der Waals surface area contributed by atoms with Crippen LogP contribution in [0.4, 0.5) is 0 Å². The maximum atomic E-state index is 11.2. The molecular formula is C7H14NO3P. The van der Waals surface area contributed by atoms with Crippen molar-refractivity contribution in [3.63, 3.8) is 0 Å². The topological polar surface area (TPSA) is 50.9 Å². The Labute approximate surface area is 72.9 Å². The van der Waals surface area contributed by atoms with Gasteiger partial charge in [-0.05, 0) is 13.3 Å². The molecule has 0 aromatic heterocycles. The largest absolute Gasteiger partial charge is 0.409 e. The van der Waals surface area contributed by atoms with E-state index in [4.69, 9.17) is 11.1 Å². The van der Waals surface area contributed by atoms with Gasteiger partial charge < -0.3 is 14.3 Å². The van der Waals surface area contributed by atoms with Crippen LogP contribution in [0.3, 0.4) is 0 Å². The molecule has 1 N–H and O–H groups in total. The Morgan fingerprint density at radius 3 is 2.50 bits per heavy atom. The molecule has 0 spiro atoms. The molecule has 0 bridgehead atoms. The molecule has 0 aromatic rings. The van der Waals surface area contributed by atoms with E-state index < -0.39 is 13.4 Å². The Morgan fingerprint density at radius 2 is 2.17 bits per heavy atom. The van der Waals surface area contributed by atoms with Gasteiger partial charge in [-0.2, -0.15) is 0 Å². The van der Waals surface area contributed by atoms with Crippen molar-refractivity contribution in [2.24, 2.45) is 0 Å². The summed E-state index contributed by atoms with van der Waals surface area (Å²) in [5.74, 6) is -0.966. The van der Waals surface area contributed by atoms with Crippen LogP contribution in [0.15, 0.2) is 0 Å². The Bertz CT molecular complexity index is 223. The van der Waals surface area contributed by atoms with Gasteiger partial charge in [-0.1, -0.05) is 6.92 Å². The SMILES string of the molecule is [C-]#[N+]C(C)P(=O)(O)OC(C)CC. The molecular weight excluding hydrogens is 177 g/mol. The van der Waals surface area contributed by atoms with Gasteiger partial charge in [0, 0.05) is 6.92 Å². The second-order valence-electron chi connectivity index (χ2n) is 2.65. The first-order valence-corrected chi connectivity index (χ1v) is 5.46. The Kier molecular flexibility index (Phi) is 4.47. The molecule has 0 amide bonds. The van der Waals surface area contributed by atoms with Gasteiger partial charge in [-0.3, -0.25) is 4.57 Å².